The van der Waals surface area contributed by atoms with Crippen molar-refractivity contribution in [3.63, 3.8) is 0 Å². The fraction of sp³-hybridized carbons (Fsp3) is 0.286. The Hall–Kier alpha value is -2.30. The van der Waals surface area contributed by atoms with Crippen molar-refractivity contribution in [2.45, 2.75) is 19.8 Å². The molecule has 1 aliphatic carbocycles. The van der Waals surface area contributed by atoms with Gasteiger partial charge in [0.25, 0.3) is 0 Å². The summed E-state index contributed by atoms with van der Waals surface area (Å²) in [6.07, 6.45) is 1.97. The highest BCUT2D eigenvalue weighted by Gasteiger charge is 2.27. The zero-order valence-electron chi connectivity index (χ0n) is 11.1. The first-order valence-corrected chi connectivity index (χ1v) is 6.12. The van der Waals surface area contributed by atoms with Crippen LogP contribution in [0.5, 0.6) is 0 Å². The summed E-state index contributed by atoms with van der Waals surface area (Å²) in [5.41, 5.74) is 22.2. The summed E-state index contributed by atoms with van der Waals surface area (Å²) in [5.74, 6) is 0.133. The molecule has 100 valence electrons. The minimum Gasteiger partial charge on any atom is -0.402 e. The van der Waals surface area contributed by atoms with Crippen LogP contribution >= 0.6 is 0 Å². The lowest BCUT2D eigenvalue weighted by Gasteiger charge is -2.29. The quantitative estimate of drug-likeness (QED) is 0.559. The molecule has 0 radical (unpaired) electrons. The molecule has 0 aromatic heterocycles. The Morgan fingerprint density at radius 1 is 1.21 bits per heavy atom. The zero-order chi connectivity index (χ0) is 14.2. The third-order valence-electron chi connectivity index (χ3n) is 3.79. The van der Waals surface area contributed by atoms with Crippen molar-refractivity contribution in [3.8, 4) is 0 Å². The summed E-state index contributed by atoms with van der Waals surface area (Å²) < 4.78 is 0. The lowest BCUT2D eigenvalue weighted by Crippen LogP contribution is -2.25. The minimum atomic E-state index is 0.0180. The molecule has 0 aliphatic heterocycles. The Morgan fingerprint density at radius 3 is 2.47 bits per heavy atom. The van der Waals surface area contributed by atoms with Gasteiger partial charge in [0.05, 0.1) is 0 Å². The van der Waals surface area contributed by atoms with Crippen LogP contribution < -0.4 is 17.2 Å². The summed E-state index contributed by atoms with van der Waals surface area (Å²) >= 11 is 0. The van der Waals surface area contributed by atoms with Gasteiger partial charge in [-0.15, -0.1) is 4.91 Å². The average molecular weight is 258 g/mol. The number of nitrogen functional groups attached to an aromatic ring is 1. The van der Waals surface area contributed by atoms with Crippen molar-refractivity contribution in [3.05, 3.63) is 51.7 Å². The van der Waals surface area contributed by atoms with E-state index in [9.17, 15) is 4.91 Å². The maximum atomic E-state index is 10.5. The van der Waals surface area contributed by atoms with Gasteiger partial charge in [-0.3, -0.25) is 0 Å². The molecule has 19 heavy (non-hydrogen) atoms. The van der Waals surface area contributed by atoms with Gasteiger partial charge in [-0.25, -0.2) is 0 Å². The fourth-order valence-electron chi connectivity index (χ4n) is 2.45. The molecule has 2 atom stereocenters. The highest BCUT2D eigenvalue weighted by atomic mass is 16.3. The second kappa shape index (κ2) is 4.76. The number of rotatable bonds is 2. The third kappa shape index (κ3) is 2.19. The van der Waals surface area contributed by atoms with Gasteiger partial charge >= 0.3 is 0 Å². The van der Waals surface area contributed by atoms with Crippen LogP contribution in [-0.2, 0) is 0 Å². The first-order valence-electron chi connectivity index (χ1n) is 6.12. The average Bonchev–Trinajstić information content (AvgIpc) is 2.41. The highest BCUT2D eigenvalue weighted by Crippen LogP contribution is 2.39. The molecule has 1 aromatic rings. The van der Waals surface area contributed by atoms with Crippen LogP contribution in [0, 0.1) is 10.8 Å². The van der Waals surface area contributed by atoms with Gasteiger partial charge in [-0.1, -0.05) is 19.1 Å². The molecular formula is C14H18N4O. The third-order valence-corrected chi connectivity index (χ3v) is 3.79. The second-order valence-corrected chi connectivity index (χ2v) is 4.92. The van der Waals surface area contributed by atoms with Crippen molar-refractivity contribution in [2.24, 2.45) is 22.6 Å². The van der Waals surface area contributed by atoms with Crippen molar-refractivity contribution in [2.75, 3.05) is 5.73 Å². The van der Waals surface area contributed by atoms with Gasteiger partial charge in [0, 0.05) is 28.9 Å². The van der Waals surface area contributed by atoms with E-state index in [1.54, 1.807) is 12.1 Å². The lowest BCUT2D eigenvalue weighted by molar-refractivity contribution is 0.580. The monoisotopic (exact) mass is 258 g/mol. The number of anilines is 1. The molecule has 0 saturated carbocycles. The Balaban J connectivity index is 2.46. The molecule has 0 bridgehead atoms. The summed E-state index contributed by atoms with van der Waals surface area (Å²) in [6.45, 7) is 3.95. The van der Waals surface area contributed by atoms with Gasteiger partial charge in [0.2, 0.25) is 0 Å². The Bertz CT molecular complexity index is 589. The van der Waals surface area contributed by atoms with Crippen molar-refractivity contribution in [1.82, 2.24) is 0 Å². The molecule has 5 heteroatoms. The SMILES string of the molecule is CC1=C(N)C(C)C(c2ccc(N=O)cc2N)C=C1N. The van der Waals surface area contributed by atoms with Crippen LogP contribution in [0.15, 0.2) is 46.4 Å². The molecule has 0 amide bonds. The molecule has 0 spiro atoms. The standard InChI is InChI=1S/C14H18N4O/c1-7-11(6-12(15)8(2)14(7)17)10-4-3-9(18-19)5-13(10)16/h3-7,11H,15-17H2,1-2H3. The van der Waals surface area contributed by atoms with Gasteiger partial charge in [0.15, 0.2) is 0 Å². The smallest absolute Gasteiger partial charge is 0.110 e. The number of nitrogens with two attached hydrogens (primary N) is 3. The lowest BCUT2D eigenvalue weighted by atomic mass is 9.78. The molecule has 0 fully saturated rings. The highest BCUT2D eigenvalue weighted by molar-refractivity contribution is 5.59. The van der Waals surface area contributed by atoms with Crippen molar-refractivity contribution in [1.29, 1.82) is 0 Å². The largest absolute Gasteiger partial charge is 0.402 e. The topological polar surface area (TPSA) is 107 Å². The predicted octanol–water partition coefficient (Wildman–Crippen LogP) is 2.48. The van der Waals surface area contributed by atoms with Crippen molar-refractivity contribution < 1.29 is 0 Å². The molecule has 0 saturated heterocycles. The number of nitroso groups, excluding NO2 is 1. The maximum absolute atomic E-state index is 10.5. The fourth-order valence-corrected chi connectivity index (χ4v) is 2.45. The molecule has 0 heterocycles. The zero-order valence-corrected chi connectivity index (χ0v) is 11.1. The van der Waals surface area contributed by atoms with Gasteiger partial charge in [-0.05, 0) is 35.4 Å². The van der Waals surface area contributed by atoms with E-state index >= 15 is 0 Å². The summed E-state index contributed by atoms with van der Waals surface area (Å²) in [4.78, 5) is 10.5. The number of allylic oxidation sites excluding steroid dienone is 3. The van der Waals surface area contributed by atoms with Crippen molar-refractivity contribution >= 4 is 11.4 Å². The molecule has 2 rings (SSSR count). The number of nitrogens with zero attached hydrogens (tertiary/aromatic N) is 1. The minimum absolute atomic E-state index is 0.0180. The molecule has 6 N–H and O–H groups in total. The normalized spacial score (nSPS) is 23.2. The molecule has 1 aliphatic rings. The van der Waals surface area contributed by atoms with E-state index < -0.39 is 0 Å². The van der Waals surface area contributed by atoms with Crippen LogP contribution in [0.2, 0.25) is 0 Å². The Labute approximate surface area is 112 Å². The molecule has 5 nitrogen and oxygen atoms in total. The van der Waals surface area contributed by atoms with Gasteiger partial charge in [-0.2, -0.15) is 0 Å². The van der Waals surface area contributed by atoms with Gasteiger partial charge < -0.3 is 17.2 Å². The summed E-state index contributed by atoms with van der Waals surface area (Å²) in [7, 11) is 0. The van der Waals surface area contributed by atoms with E-state index in [0.29, 0.717) is 17.1 Å². The van der Waals surface area contributed by atoms with E-state index in [2.05, 4.69) is 5.18 Å². The maximum Gasteiger partial charge on any atom is 0.110 e. The number of hydrogen-bond donors (Lipinski definition) is 3. The Kier molecular flexibility index (Phi) is 3.29. The summed E-state index contributed by atoms with van der Waals surface area (Å²) in [6, 6.07) is 5.03. The van der Waals surface area contributed by atoms with Crippen LogP contribution in [-0.4, -0.2) is 0 Å². The Morgan fingerprint density at radius 2 is 1.89 bits per heavy atom. The van der Waals surface area contributed by atoms with Crippen LogP contribution in [0.1, 0.15) is 25.3 Å². The first kappa shape index (κ1) is 13.1. The number of benzene rings is 1. The van der Waals surface area contributed by atoms with E-state index in [1.807, 2.05) is 26.0 Å². The second-order valence-electron chi connectivity index (χ2n) is 4.92. The molecular weight excluding hydrogens is 240 g/mol. The predicted molar refractivity (Wildman–Crippen MR) is 77.4 cm³/mol. The molecule has 1 aromatic carbocycles. The van der Waals surface area contributed by atoms with Crippen LogP contribution in [0.25, 0.3) is 0 Å². The van der Waals surface area contributed by atoms with E-state index in [4.69, 9.17) is 17.2 Å². The van der Waals surface area contributed by atoms with E-state index in [0.717, 1.165) is 16.8 Å². The first-order chi connectivity index (χ1) is 8.95. The van der Waals surface area contributed by atoms with Gasteiger partial charge in [0.1, 0.15) is 5.69 Å². The molecule has 2 unspecified atom stereocenters. The van der Waals surface area contributed by atoms with Crippen LogP contribution in [0.4, 0.5) is 11.4 Å². The van der Waals surface area contributed by atoms with E-state index in [1.165, 1.54) is 0 Å². The van der Waals surface area contributed by atoms with Crippen LogP contribution in [0.3, 0.4) is 0 Å². The summed E-state index contributed by atoms with van der Waals surface area (Å²) in [5, 5.41) is 2.87. The van der Waals surface area contributed by atoms with E-state index in [-0.39, 0.29) is 11.8 Å². The number of hydrogen-bond acceptors (Lipinski definition) is 5.